The van der Waals surface area contributed by atoms with Crippen LogP contribution in [0.15, 0.2) is 10.9 Å². The largest absolute Gasteiger partial charge is 0.481 e. The van der Waals surface area contributed by atoms with E-state index in [0.717, 1.165) is 49.9 Å². The van der Waals surface area contributed by atoms with Crippen molar-refractivity contribution in [3.05, 3.63) is 33.2 Å². The Morgan fingerprint density at radius 1 is 1.07 bits per heavy atom. The van der Waals surface area contributed by atoms with Crippen LogP contribution in [0.1, 0.15) is 60.1 Å². The Morgan fingerprint density at radius 2 is 1.86 bits per heavy atom. The first kappa shape index (κ1) is 18.9. The Labute approximate surface area is 170 Å². The molecule has 2 saturated heterocycles. The second kappa shape index (κ2) is 6.97. The summed E-state index contributed by atoms with van der Waals surface area (Å²) in [7, 11) is 0. The number of pyridine rings is 1. The van der Waals surface area contributed by atoms with Crippen molar-refractivity contribution in [2.45, 2.75) is 57.4 Å². The molecule has 0 bridgehead atoms. The zero-order chi connectivity index (χ0) is 20.2. The van der Waals surface area contributed by atoms with Crippen LogP contribution in [0, 0.1) is 11.3 Å². The summed E-state index contributed by atoms with van der Waals surface area (Å²) in [5, 5.41) is 10.1. The Hall–Kier alpha value is -2.15. The minimum absolute atomic E-state index is 0.0700. The summed E-state index contributed by atoms with van der Waals surface area (Å²) < 4.78 is 0. The smallest absolute Gasteiger partial charge is 0.313 e. The maximum absolute atomic E-state index is 13.1. The Balaban J connectivity index is 1.37. The molecule has 3 fully saturated rings. The first-order valence-corrected chi connectivity index (χ1v) is 11.0. The summed E-state index contributed by atoms with van der Waals surface area (Å²) >= 11 is 0. The summed E-state index contributed by atoms with van der Waals surface area (Å²) in [6.45, 7) is 1.87. The van der Waals surface area contributed by atoms with Gasteiger partial charge in [-0.05, 0) is 43.7 Å². The van der Waals surface area contributed by atoms with Crippen molar-refractivity contribution in [1.29, 1.82) is 0 Å². The molecule has 4 aliphatic rings. The maximum atomic E-state index is 13.1. The number of aryl methyl sites for hydroxylation is 2. The van der Waals surface area contributed by atoms with E-state index in [1.807, 2.05) is 0 Å². The number of hydrogen-bond donors (Lipinski definition) is 2. The van der Waals surface area contributed by atoms with Gasteiger partial charge in [0.25, 0.3) is 11.5 Å². The average Bonchev–Trinajstić information content (AvgIpc) is 3.40. The van der Waals surface area contributed by atoms with Gasteiger partial charge in [-0.15, -0.1) is 0 Å². The third-order valence-corrected chi connectivity index (χ3v) is 7.76. The number of aliphatic carboxylic acids is 1. The lowest BCUT2D eigenvalue weighted by Crippen LogP contribution is -2.44. The number of carboxylic acid groups (broad SMARTS) is 1. The number of aromatic nitrogens is 1. The van der Waals surface area contributed by atoms with Crippen LogP contribution in [-0.2, 0) is 17.6 Å². The van der Waals surface area contributed by atoms with Gasteiger partial charge in [-0.25, -0.2) is 0 Å². The number of aromatic amines is 1. The van der Waals surface area contributed by atoms with Crippen LogP contribution in [0.25, 0.3) is 0 Å². The van der Waals surface area contributed by atoms with Crippen LogP contribution < -0.4 is 5.56 Å². The zero-order valence-corrected chi connectivity index (χ0v) is 16.8. The number of nitrogens with zero attached hydrogens (tertiary/aromatic N) is 2. The number of hydrogen-bond acceptors (Lipinski definition) is 4. The lowest BCUT2D eigenvalue weighted by atomic mass is 9.81. The molecule has 1 aromatic heterocycles. The topological polar surface area (TPSA) is 93.7 Å². The number of carbonyl (C=O) groups excluding carboxylic acids is 1. The average molecular weight is 399 g/mol. The molecule has 0 spiro atoms. The summed E-state index contributed by atoms with van der Waals surface area (Å²) in [5.41, 5.74) is 0.895. The van der Waals surface area contributed by atoms with Crippen LogP contribution in [0.3, 0.4) is 0 Å². The molecule has 0 unspecified atom stereocenters. The van der Waals surface area contributed by atoms with Gasteiger partial charge in [0, 0.05) is 43.8 Å². The molecule has 0 aromatic carbocycles. The van der Waals surface area contributed by atoms with Crippen molar-refractivity contribution in [2.75, 3.05) is 26.2 Å². The van der Waals surface area contributed by atoms with Gasteiger partial charge < -0.3 is 15.0 Å². The predicted molar refractivity (Wildman–Crippen MR) is 107 cm³/mol. The van der Waals surface area contributed by atoms with Gasteiger partial charge in [-0.3, -0.25) is 19.3 Å². The molecule has 0 radical (unpaired) electrons. The van der Waals surface area contributed by atoms with E-state index in [-0.39, 0.29) is 29.5 Å². The Bertz CT molecular complexity index is 904. The molecule has 1 aromatic rings. The monoisotopic (exact) mass is 399 g/mol. The first-order valence-electron chi connectivity index (χ1n) is 11.0. The van der Waals surface area contributed by atoms with E-state index in [2.05, 4.69) is 9.88 Å². The number of H-pyrrole nitrogens is 1. The highest BCUT2D eigenvalue weighted by atomic mass is 16.4. The lowest BCUT2D eigenvalue weighted by molar-refractivity contribution is -0.148. The fourth-order valence-corrected chi connectivity index (χ4v) is 6.13. The second-order valence-electron chi connectivity index (χ2n) is 9.43. The van der Waals surface area contributed by atoms with Crippen molar-refractivity contribution >= 4 is 11.9 Å². The number of likely N-dealkylation sites (tertiary alicyclic amines) is 2. The van der Waals surface area contributed by atoms with Crippen molar-refractivity contribution < 1.29 is 14.7 Å². The molecule has 7 nitrogen and oxygen atoms in total. The highest BCUT2D eigenvalue weighted by molar-refractivity contribution is 5.95. The van der Waals surface area contributed by atoms with Gasteiger partial charge in [-0.2, -0.15) is 0 Å². The van der Waals surface area contributed by atoms with Crippen LogP contribution in [0.5, 0.6) is 0 Å². The molecule has 156 valence electrons. The van der Waals surface area contributed by atoms with Crippen molar-refractivity contribution in [1.82, 2.24) is 14.8 Å². The number of amides is 1. The van der Waals surface area contributed by atoms with Gasteiger partial charge in [0.05, 0.1) is 0 Å². The fraction of sp³-hybridized carbons (Fsp3) is 0.682. The van der Waals surface area contributed by atoms with Crippen LogP contribution in [0.2, 0.25) is 0 Å². The van der Waals surface area contributed by atoms with E-state index in [4.69, 9.17) is 0 Å². The van der Waals surface area contributed by atoms with E-state index >= 15 is 0 Å². The molecular weight excluding hydrogens is 370 g/mol. The van der Waals surface area contributed by atoms with Crippen LogP contribution >= 0.6 is 0 Å². The summed E-state index contributed by atoms with van der Waals surface area (Å²) in [6.07, 6.45) is 8.73. The molecule has 7 heteroatoms. The van der Waals surface area contributed by atoms with Crippen molar-refractivity contribution in [3.63, 3.8) is 0 Å². The van der Waals surface area contributed by atoms with E-state index in [9.17, 15) is 19.5 Å². The molecule has 2 N–H and O–H groups in total. The van der Waals surface area contributed by atoms with E-state index in [0.29, 0.717) is 19.1 Å². The van der Waals surface area contributed by atoms with Crippen molar-refractivity contribution in [3.8, 4) is 0 Å². The number of rotatable bonds is 3. The van der Waals surface area contributed by atoms with Crippen LogP contribution in [0.4, 0.5) is 0 Å². The quantitative estimate of drug-likeness (QED) is 0.806. The zero-order valence-electron chi connectivity index (χ0n) is 16.8. The molecule has 3 heterocycles. The normalized spacial score (nSPS) is 29.8. The van der Waals surface area contributed by atoms with Crippen molar-refractivity contribution in [2.24, 2.45) is 11.3 Å². The third kappa shape index (κ3) is 3.01. The molecular formula is C22H29N3O4. The summed E-state index contributed by atoms with van der Waals surface area (Å²) in [4.78, 5) is 44.8. The maximum Gasteiger partial charge on any atom is 0.313 e. The molecule has 29 heavy (non-hydrogen) atoms. The minimum atomic E-state index is -0.906. The van der Waals surface area contributed by atoms with Gasteiger partial charge >= 0.3 is 5.97 Å². The highest BCUT2D eigenvalue weighted by Gasteiger charge is 2.59. The van der Waals surface area contributed by atoms with E-state index in [1.54, 1.807) is 11.0 Å². The number of carboxylic acids is 1. The Morgan fingerprint density at radius 3 is 2.59 bits per heavy atom. The fourth-order valence-electron chi connectivity index (χ4n) is 6.13. The van der Waals surface area contributed by atoms with E-state index < -0.39 is 11.4 Å². The second-order valence-corrected chi connectivity index (χ2v) is 9.43. The number of nitrogens with one attached hydrogen (secondary N) is 1. The Kier molecular flexibility index (Phi) is 4.53. The predicted octanol–water partition coefficient (Wildman–Crippen LogP) is 1.65. The van der Waals surface area contributed by atoms with Gasteiger partial charge in [-0.1, -0.05) is 19.3 Å². The van der Waals surface area contributed by atoms with E-state index in [1.165, 1.54) is 19.3 Å². The highest BCUT2D eigenvalue weighted by Crippen LogP contribution is 2.45. The van der Waals surface area contributed by atoms with Gasteiger partial charge in [0.15, 0.2) is 0 Å². The molecule has 2 atom stereocenters. The SMILES string of the molecule is O=C(c1cc2c([nH]c1=O)CCC2)N1C[C@H]2CN(C3CCCCC3)C[C@@]2(C(=O)O)C1. The molecule has 2 aliphatic heterocycles. The molecule has 2 aliphatic carbocycles. The first-order chi connectivity index (χ1) is 14.0. The third-order valence-electron chi connectivity index (χ3n) is 7.76. The number of carbonyl (C=O) groups is 2. The summed E-state index contributed by atoms with van der Waals surface area (Å²) in [6, 6.07) is 2.22. The van der Waals surface area contributed by atoms with Crippen LogP contribution in [-0.4, -0.2) is 64.0 Å². The molecule has 1 saturated carbocycles. The summed E-state index contributed by atoms with van der Waals surface area (Å²) in [5.74, 6) is -1.20. The molecule has 5 rings (SSSR count). The minimum Gasteiger partial charge on any atom is -0.481 e. The van der Waals surface area contributed by atoms with Gasteiger partial charge in [0.2, 0.25) is 0 Å². The molecule has 1 amide bonds. The standard InChI is InChI=1S/C22H29N3O4/c26-19-17(9-14-5-4-8-18(14)23-19)20(27)25-11-15-10-24(16-6-2-1-3-7-16)12-22(15,13-25)21(28)29/h9,15-16H,1-8,10-13H2,(H,23,26)(H,28,29)/t15-,22-/m1/s1. The number of fused-ring (bicyclic) bond motifs is 2. The van der Waals surface area contributed by atoms with Gasteiger partial charge in [0.1, 0.15) is 11.0 Å². The lowest BCUT2D eigenvalue weighted by Gasteiger charge is -2.33.